The van der Waals surface area contributed by atoms with E-state index in [0.29, 0.717) is 30.2 Å². The molecule has 2 amide bonds. The number of fused-ring (bicyclic) bond motifs is 1. The van der Waals surface area contributed by atoms with Crippen LogP contribution < -0.4 is 16.0 Å². The van der Waals surface area contributed by atoms with Crippen molar-refractivity contribution in [3.05, 3.63) is 24.4 Å². The van der Waals surface area contributed by atoms with Crippen LogP contribution in [0, 0.1) is 29.1 Å². The number of ether oxygens (including phenoxy) is 1. The highest BCUT2D eigenvalue weighted by Gasteiger charge is 2.43. The van der Waals surface area contributed by atoms with Gasteiger partial charge >= 0.3 is 6.09 Å². The van der Waals surface area contributed by atoms with Gasteiger partial charge in [-0.05, 0) is 35.9 Å². The predicted molar refractivity (Wildman–Crippen MR) is 104 cm³/mol. The summed E-state index contributed by atoms with van der Waals surface area (Å²) in [4.78, 5) is 30.3. The summed E-state index contributed by atoms with van der Waals surface area (Å²) in [7, 11) is 0. The van der Waals surface area contributed by atoms with Crippen LogP contribution in [-0.4, -0.2) is 29.6 Å². The van der Waals surface area contributed by atoms with Crippen molar-refractivity contribution in [1.29, 1.82) is 5.26 Å². The second-order valence-corrected chi connectivity index (χ2v) is 7.65. The van der Waals surface area contributed by atoms with Crippen molar-refractivity contribution in [2.75, 3.05) is 22.6 Å². The molecule has 8 heteroatoms. The van der Waals surface area contributed by atoms with Crippen molar-refractivity contribution < 1.29 is 14.3 Å². The van der Waals surface area contributed by atoms with Gasteiger partial charge in [0, 0.05) is 17.3 Å². The Bertz CT molecular complexity index is 1010. The summed E-state index contributed by atoms with van der Waals surface area (Å²) in [6.07, 6.45) is 1.79. The van der Waals surface area contributed by atoms with Crippen molar-refractivity contribution in [2.24, 2.45) is 17.8 Å². The molecule has 1 saturated carbocycles. The topological polar surface area (TPSA) is 121 Å². The summed E-state index contributed by atoms with van der Waals surface area (Å²) in [5.41, 5.74) is 7.34. The largest absolute Gasteiger partial charge is 0.447 e. The molecule has 1 aromatic heterocycles. The Morgan fingerprint density at radius 3 is 2.89 bits per heavy atom. The fourth-order valence-corrected chi connectivity index (χ4v) is 3.55. The molecule has 1 unspecified atom stereocenters. The Balaban J connectivity index is 1.66. The maximum absolute atomic E-state index is 12.3. The van der Waals surface area contributed by atoms with Gasteiger partial charge in [0.1, 0.15) is 12.4 Å². The second kappa shape index (κ2) is 6.68. The molecule has 1 saturated heterocycles. The number of carbonyl (C=O) groups is 2. The third-order valence-corrected chi connectivity index (χ3v) is 5.35. The number of amides is 2. The summed E-state index contributed by atoms with van der Waals surface area (Å²) >= 11 is 0. The SMILES string of the molecule is CC(C)C1COC(=O)N1c1cc(N)c2cnc(NC(=O)[C@H]3C[C@@H]3C#N)cc2c1. The van der Waals surface area contributed by atoms with Crippen LogP contribution in [0.1, 0.15) is 20.3 Å². The summed E-state index contributed by atoms with van der Waals surface area (Å²) < 4.78 is 5.23. The van der Waals surface area contributed by atoms with E-state index in [9.17, 15) is 9.59 Å². The fourth-order valence-electron chi connectivity index (χ4n) is 3.55. The Morgan fingerprint density at radius 1 is 1.43 bits per heavy atom. The van der Waals surface area contributed by atoms with Crippen LogP contribution in [0.3, 0.4) is 0 Å². The van der Waals surface area contributed by atoms with E-state index in [2.05, 4.69) is 16.4 Å². The van der Waals surface area contributed by atoms with Crippen LogP contribution in [0.2, 0.25) is 0 Å². The number of nitrogens with zero attached hydrogens (tertiary/aromatic N) is 3. The van der Waals surface area contributed by atoms with E-state index in [1.807, 2.05) is 19.9 Å². The molecule has 4 rings (SSSR count). The maximum atomic E-state index is 12.3. The van der Waals surface area contributed by atoms with Gasteiger partial charge in [0.2, 0.25) is 5.91 Å². The molecular formula is C20H21N5O3. The van der Waals surface area contributed by atoms with Crippen LogP contribution in [0.15, 0.2) is 24.4 Å². The number of nitriles is 1. The number of rotatable bonds is 4. The van der Waals surface area contributed by atoms with Gasteiger partial charge in [-0.1, -0.05) is 13.8 Å². The number of hydrogen-bond acceptors (Lipinski definition) is 6. The van der Waals surface area contributed by atoms with Crippen molar-refractivity contribution >= 4 is 40.0 Å². The second-order valence-electron chi connectivity index (χ2n) is 7.65. The molecule has 2 heterocycles. The first-order valence-electron chi connectivity index (χ1n) is 9.24. The lowest BCUT2D eigenvalue weighted by molar-refractivity contribution is -0.117. The molecular weight excluding hydrogens is 358 g/mol. The minimum atomic E-state index is -0.392. The van der Waals surface area contributed by atoms with Crippen molar-refractivity contribution in [3.8, 4) is 6.07 Å². The van der Waals surface area contributed by atoms with Gasteiger partial charge in [0.05, 0.1) is 29.6 Å². The van der Waals surface area contributed by atoms with Crippen molar-refractivity contribution in [3.63, 3.8) is 0 Å². The van der Waals surface area contributed by atoms with E-state index >= 15 is 0 Å². The zero-order valence-corrected chi connectivity index (χ0v) is 15.7. The third-order valence-electron chi connectivity index (χ3n) is 5.35. The summed E-state index contributed by atoms with van der Waals surface area (Å²) in [6.45, 7) is 4.41. The summed E-state index contributed by atoms with van der Waals surface area (Å²) in [5, 5.41) is 13.1. The molecule has 28 heavy (non-hydrogen) atoms. The number of nitrogens with one attached hydrogen (secondary N) is 1. The predicted octanol–water partition coefficient (Wildman–Crippen LogP) is 2.90. The summed E-state index contributed by atoms with van der Waals surface area (Å²) in [5.74, 6) is -0.0724. The monoisotopic (exact) mass is 379 g/mol. The van der Waals surface area contributed by atoms with Crippen molar-refractivity contribution in [1.82, 2.24) is 4.98 Å². The number of carbonyl (C=O) groups excluding carboxylic acids is 2. The van der Waals surface area contributed by atoms with Crippen LogP contribution >= 0.6 is 0 Å². The minimum Gasteiger partial charge on any atom is -0.447 e. The van der Waals surface area contributed by atoms with Crippen LogP contribution in [0.5, 0.6) is 0 Å². The Kier molecular flexibility index (Phi) is 4.30. The van der Waals surface area contributed by atoms with Crippen LogP contribution in [-0.2, 0) is 9.53 Å². The lowest BCUT2D eigenvalue weighted by Gasteiger charge is -2.25. The Labute approximate surface area is 162 Å². The number of cyclic esters (lactones) is 1. The minimum absolute atomic E-state index is 0.0665. The van der Waals surface area contributed by atoms with E-state index < -0.39 is 6.09 Å². The first-order valence-corrected chi connectivity index (χ1v) is 9.24. The number of benzene rings is 1. The number of nitrogens with two attached hydrogens (primary N) is 1. The standard InChI is InChI=1S/C20H21N5O3/c1-10(2)17-9-28-20(27)25(17)13-3-11-5-18(23-8-15(11)16(22)6-13)24-19(26)14-4-12(14)7-21/h3,5-6,8,10,12,14,17H,4,9,22H2,1-2H3,(H,23,24,26)/t12-,14+,17?/m1/s1. The molecule has 3 N–H and O–H groups in total. The third kappa shape index (κ3) is 3.09. The lowest BCUT2D eigenvalue weighted by atomic mass is 10.0. The average Bonchev–Trinajstić information content (AvgIpc) is 3.35. The Hall–Kier alpha value is -3.34. The molecule has 2 aliphatic rings. The Morgan fingerprint density at radius 2 is 2.21 bits per heavy atom. The highest BCUT2D eigenvalue weighted by atomic mass is 16.6. The zero-order chi connectivity index (χ0) is 20.0. The lowest BCUT2D eigenvalue weighted by Crippen LogP contribution is -2.37. The molecule has 144 valence electrons. The van der Waals surface area contributed by atoms with E-state index in [1.54, 1.807) is 23.2 Å². The van der Waals surface area contributed by atoms with Gasteiger partial charge in [-0.15, -0.1) is 0 Å². The molecule has 1 aliphatic heterocycles. The molecule has 0 spiro atoms. The fraction of sp³-hybridized carbons (Fsp3) is 0.400. The highest BCUT2D eigenvalue weighted by molar-refractivity contribution is 6.02. The van der Waals surface area contributed by atoms with Gasteiger partial charge in [0.15, 0.2) is 0 Å². The first kappa shape index (κ1) is 18.0. The molecule has 1 aromatic carbocycles. The molecule has 3 atom stereocenters. The number of nitrogen functional groups attached to an aromatic ring is 1. The molecule has 2 aromatic rings. The van der Waals surface area contributed by atoms with E-state index in [0.717, 1.165) is 10.8 Å². The molecule has 2 fully saturated rings. The van der Waals surface area contributed by atoms with Gasteiger partial charge in [-0.3, -0.25) is 9.69 Å². The van der Waals surface area contributed by atoms with E-state index in [-0.39, 0.29) is 29.7 Å². The van der Waals surface area contributed by atoms with Crippen LogP contribution in [0.4, 0.5) is 22.0 Å². The van der Waals surface area contributed by atoms with E-state index in [4.69, 9.17) is 15.7 Å². The first-order chi connectivity index (χ1) is 13.4. The normalized spacial score (nSPS) is 23.6. The van der Waals surface area contributed by atoms with Gasteiger partial charge in [0.25, 0.3) is 0 Å². The average molecular weight is 379 g/mol. The number of pyridine rings is 1. The quantitative estimate of drug-likeness (QED) is 0.788. The maximum Gasteiger partial charge on any atom is 0.414 e. The molecule has 0 radical (unpaired) electrons. The van der Waals surface area contributed by atoms with Gasteiger partial charge in [-0.2, -0.15) is 5.26 Å². The number of aromatic nitrogens is 1. The zero-order valence-electron chi connectivity index (χ0n) is 15.7. The molecule has 1 aliphatic carbocycles. The van der Waals surface area contributed by atoms with Gasteiger partial charge < -0.3 is 15.8 Å². The van der Waals surface area contributed by atoms with Crippen molar-refractivity contribution in [2.45, 2.75) is 26.3 Å². The van der Waals surface area contributed by atoms with Gasteiger partial charge in [-0.25, -0.2) is 9.78 Å². The number of anilines is 3. The molecule has 8 nitrogen and oxygen atoms in total. The summed E-state index contributed by atoms with van der Waals surface area (Å²) in [6, 6.07) is 7.35. The molecule has 0 bridgehead atoms. The van der Waals surface area contributed by atoms with Crippen LogP contribution in [0.25, 0.3) is 10.8 Å². The number of hydrogen-bond donors (Lipinski definition) is 2. The highest BCUT2D eigenvalue weighted by Crippen LogP contribution is 2.39. The smallest absolute Gasteiger partial charge is 0.414 e. The van der Waals surface area contributed by atoms with E-state index in [1.165, 1.54) is 0 Å².